The average molecular weight is 698 g/mol. The number of benzene rings is 2. The van der Waals surface area contributed by atoms with E-state index >= 15 is 0 Å². The molecule has 13 nitrogen and oxygen atoms in total. The van der Waals surface area contributed by atoms with E-state index in [1.807, 2.05) is 55.5 Å². The molecule has 49 heavy (non-hydrogen) atoms. The number of likely N-dealkylation sites (N-methyl/N-ethyl adjacent to an activating group) is 1. The number of ether oxygens (including phenoxy) is 2. The zero-order valence-corrected chi connectivity index (χ0v) is 30.8. The predicted octanol–water partition coefficient (Wildman–Crippen LogP) is 3.75. The van der Waals surface area contributed by atoms with E-state index in [4.69, 9.17) is 9.47 Å². The van der Waals surface area contributed by atoms with Gasteiger partial charge in [-0.05, 0) is 49.2 Å². The van der Waals surface area contributed by atoms with Gasteiger partial charge >= 0.3 is 6.09 Å². The van der Waals surface area contributed by atoms with Crippen LogP contribution < -0.4 is 19.5 Å². The molecule has 0 saturated carbocycles. The van der Waals surface area contributed by atoms with Gasteiger partial charge < -0.3 is 23.8 Å². The molecule has 0 spiro atoms. The van der Waals surface area contributed by atoms with E-state index in [1.54, 1.807) is 12.1 Å². The van der Waals surface area contributed by atoms with E-state index < -0.39 is 16.1 Å². The summed E-state index contributed by atoms with van der Waals surface area (Å²) in [6.45, 7) is 12.0. The Balaban J connectivity index is 1.25. The summed E-state index contributed by atoms with van der Waals surface area (Å²) in [5.74, 6) is 0.731. The molecule has 2 fully saturated rings. The second-order valence-corrected chi connectivity index (χ2v) is 16.2. The number of rotatable bonds is 10. The second-order valence-electron chi connectivity index (χ2n) is 14.4. The van der Waals surface area contributed by atoms with E-state index in [0.717, 1.165) is 60.9 Å². The molecule has 2 N–H and O–H groups in total. The van der Waals surface area contributed by atoms with Crippen LogP contribution in [0.1, 0.15) is 38.3 Å². The fraction of sp³-hybridized carbons (Fsp3) is 0.543. The predicted molar refractivity (Wildman–Crippen MR) is 193 cm³/mol. The van der Waals surface area contributed by atoms with Crippen LogP contribution in [0.15, 0.2) is 36.4 Å². The van der Waals surface area contributed by atoms with Gasteiger partial charge in [0.25, 0.3) is 0 Å². The summed E-state index contributed by atoms with van der Waals surface area (Å²) < 4.78 is 39.9. The number of sulfonamides is 1. The highest BCUT2D eigenvalue weighted by atomic mass is 32.2. The van der Waals surface area contributed by atoms with Gasteiger partial charge in [0.15, 0.2) is 5.75 Å². The summed E-state index contributed by atoms with van der Waals surface area (Å²) >= 11 is 0. The van der Waals surface area contributed by atoms with Crippen molar-refractivity contribution in [3.63, 3.8) is 0 Å². The number of amides is 2. The van der Waals surface area contributed by atoms with Gasteiger partial charge in [-0.2, -0.15) is 0 Å². The molecular weight excluding hydrogens is 646 g/mol. The van der Waals surface area contributed by atoms with Crippen molar-refractivity contribution in [2.45, 2.75) is 45.2 Å². The second kappa shape index (κ2) is 14.6. The van der Waals surface area contributed by atoms with Crippen LogP contribution >= 0.6 is 0 Å². The number of methoxy groups -OCH3 is 1. The lowest BCUT2D eigenvalue weighted by Crippen LogP contribution is -2.50. The maximum absolute atomic E-state index is 13.3. The Kier molecular flexibility index (Phi) is 10.8. The number of para-hydroxylation sites is 1. The third-order valence-corrected chi connectivity index (χ3v) is 10.0. The van der Waals surface area contributed by atoms with Gasteiger partial charge in [-0.15, -0.1) is 0 Å². The quantitative estimate of drug-likeness (QED) is 0.326. The normalized spacial score (nSPS) is 17.9. The highest BCUT2D eigenvalue weighted by molar-refractivity contribution is 7.92. The van der Waals surface area contributed by atoms with Gasteiger partial charge in [0, 0.05) is 70.4 Å². The molecule has 2 aromatic carbocycles. The maximum atomic E-state index is 13.3. The molecule has 0 bridgehead atoms. The van der Waals surface area contributed by atoms with Crippen molar-refractivity contribution in [3.8, 4) is 11.6 Å². The molecule has 0 aliphatic carbocycles. The smallest absolute Gasteiger partial charge is 0.418 e. The van der Waals surface area contributed by atoms with Crippen LogP contribution in [0.5, 0.6) is 11.6 Å². The summed E-state index contributed by atoms with van der Waals surface area (Å²) in [5, 5.41) is 3.70. The molecule has 1 aromatic heterocycles. The van der Waals surface area contributed by atoms with Crippen LogP contribution in [0.2, 0.25) is 0 Å². The Morgan fingerprint density at radius 2 is 1.69 bits per heavy atom. The zero-order chi connectivity index (χ0) is 35.7. The van der Waals surface area contributed by atoms with E-state index in [0.29, 0.717) is 38.1 Å². The van der Waals surface area contributed by atoms with Crippen molar-refractivity contribution < 1.29 is 27.5 Å². The van der Waals surface area contributed by atoms with Crippen LogP contribution in [0.3, 0.4) is 0 Å². The Morgan fingerprint density at radius 3 is 2.31 bits per heavy atom. The molecule has 5 rings (SSSR count). The van der Waals surface area contributed by atoms with Gasteiger partial charge in [-0.3, -0.25) is 24.6 Å². The van der Waals surface area contributed by atoms with E-state index in [1.165, 1.54) is 7.11 Å². The third kappa shape index (κ3) is 8.85. The van der Waals surface area contributed by atoms with Gasteiger partial charge in [0.05, 0.1) is 36.8 Å². The van der Waals surface area contributed by atoms with Crippen molar-refractivity contribution in [2.24, 2.45) is 7.05 Å². The number of aryl methyl sites for hydroxylation is 1. The summed E-state index contributed by atoms with van der Waals surface area (Å²) in [5.41, 5.74) is 2.99. The molecule has 3 aromatic rings. The highest BCUT2D eigenvalue weighted by Gasteiger charge is 2.29. The Hall–Kier alpha value is -3.85. The van der Waals surface area contributed by atoms with Crippen LogP contribution in [0, 0.1) is 0 Å². The Labute approximate surface area is 290 Å². The third-order valence-electron chi connectivity index (χ3n) is 9.44. The van der Waals surface area contributed by atoms with Crippen LogP contribution in [-0.4, -0.2) is 124 Å². The fourth-order valence-electron chi connectivity index (χ4n) is 6.65. The lowest BCUT2D eigenvalue weighted by molar-refractivity contribution is -0.134. The minimum Gasteiger partial charge on any atom is -0.492 e. The van der Waals surface area contributed by atoms with Crippen molar-refractivity contribution in [3.05, 3.63) is 47.5 Å². The molecule has 2 aliphatic rings. The summed E-state index contributed by atoms with van der Waals surface area (Å²) in [7, 11) is 3.85. The first-order valence-electron chi connectivity index (χ1n) is 16.7. The lowest BCUT2D eigenvalue weighted by atomic mass is 9.86. The van der Waals surface area contributed by atoms with Crippen LogP contribution in [-0.2, 0) is 33.8 Å². The number of carbonyl (C=O) groups is 2. The number of piperazine rings is 1. The molecule has 2 saturated heterocycles. The number of hydrogen-bond acceptors (Lipinski definition) is 9. The Bertz CT molecular complexity index is 1790. The summed E-state index contributed by atoms with van der Waals surface area (Å²) in [6.07, 6.45) is 1.42. The fourth-order valence-corrected chi connectivity index (χ4v) is 7.20. The van der Waals surface area contributed by atoms with Gasteiger partial charge in [-0.1, -0.05) is 39.0 Å². The number of fused-ring (bicyclic) bond motifs is 1. The number of likely N-dealkylation sites (tertiary alicyclic amines) is 1. The molecule has 14 heteroatoms. The van der Waals surface area contributed by atoms with Gasteiger partial charge in [0.1, 0.15) is 0 Å². The number of nitrogens with one attached hydrogen (secondary N) is 2. The van der Waals surface area contributed by atoms with Crippen molar-refractivity contribution in [1.29, 1.82) is 0 Å². The molecule has 0 unspecified atom stereocenters. The zero-order valence-electron chi connectivity index (χ0n) is 30.0. The van der Waals surface area contributed by atoms with Gasteiger partial charge in [-0.25, -0.2) is 13.2 Å². The van der Waals surface area contributed by atoms with Crippen LogP contribution in [0.25, 0.3) is 10.9 Å². The number of anilines is 2. The topological polar surface area (TPSA) is 129 Å². The Morgan fingerprint density at radius 1 is 1.00 bits per heavy atom. The lowest BCUT2D eigenvalue weighted by Gasteiger charge is -2.35. The van der Waals surface area contributed by atoms with E-state index in [9.17, 15) is 18.0 Å². The molecular formula is C35H51N7O6S. The molecule has 2 amide bonds. The number of nitrogens with zero attached hydrogens (tertiary/aromatic N) is 5. The molecule has 2 aliphatic heterocycles. The summed E-state index contributed by atoms with van der Waals surface area (Å²) in [4.78, 5) is 35.2. The number of hydrogen-bond donors (Lipinski definition) is 2. The number of aromatic nitrogens is 1. The minimum absolute atomic E-state index is 0.172. The molecule has 3 heterocycles. The van der Waals surface area contributed by atoms with Crippen molar-refractivity contribution >= 4 is 44.3 Å². The average Bonchev–Trinajstić information content (AvgIpc) is 3.61. The summed E-state index contributed by atoms with van der Waals surface area (Å²) in [6, 6.07) is 11.9. The highest BCUT2D eigenvalue weighted by Crippen LogP contribution is 2.39. The monoisotopic (exact) mass is 697 g/mol. The standard InChI is InChI=1S/C35H51N7O6S/c1-35(2,3)26-19-28(33(47-7)29(20-26)37-49(8,45)46)36-34(44)48-31-18-24-10-9-11-25(32(24)39(31)6)21-40-14-16-42(17-15-40)30(43)23-41-13-12-27(22-41)38(4)5/h9-11,18-20,27,37H,12-17,21-23H2,1-8H3,(H,36,44)/t27-/m1/s1. The number of carbonyl (C=O) groups excluding carboxylic acids is 2. The van der Waals surface area contributed by atoms with Gasteiger partial charge in [0.2, 0.25) is 21.8 Å². The largest absolute Gasteiger partial charge is 0.492 e. The van der Waals surface area contributed by atoms with Crippen LogP contribution in [0.4, 0.5) is 16.2 Å². The molecule has 0 radical (unpaired) electrons. The first-order valence-corrected chi connectivity index (χ1v) is 18.6. The molecule has 268 valence electrons. The first-order chi connectivity index (χ1) is 23.0. The van der Waals surface area contributed by atoms with E-state index in [-0.39, 0.29) is 28.4 Å². The SMILES string of the molecule is COc1c(NC(=O)Oc2cc3cccc(CN4CCN(C(=O)CN5CC[C@@H](N(C)C)C5)CC4)c3n2C)cc(C(C)(C)C)cc1NS(C)(=O)=O. The maximum Gasteiger partial charge on any atom is 0.418 e. The minimum atomic E-state index is -3.62. The van der Waals surface area contributed by atoms with Crippen molar-refractivity contribution in [2.75, 3.05) is 83.3 Å². The van der Waals surface area contributed by atoms with E-state index in [2.05, 4.69) is 44.9 Å². The molecule has 1 atom stereocenters. The first kappa shape index (κ1) is 36.4. The van der Waals surface area contributed by atoms with Crippen molar-refractivity contribution in [1.82, 2.24) is 24.2 Å².